The fraction of sp³-hybridized carbons (Fsp3) is 0.0833. The molecule has 5 heteroatoms. The third-order valence-corrected chi connectivity index (χ3v) is 2.15. The fourth-order valence-corrected chi connectivity index (χ4v) is 1.36. The largest absolute Gasteiger partial charge is 0.485 e. The Balaban J connectivity index is 2.12. The summed E-state index contributed by atoms with van der Waals surface area (Å²) in [7, 11) is 0. The molecular formula is C12H12N4O. The van der Waals surface area contributed by atoms with E-state index in [1.54, 1.807) is 30.6 Å². The van der Waals surface area contributed by atoms with Crippen LogP contribution in [0.5, 0.6) is 5.75 Å². The van der Waals surface area contributed by atoms with E-state index >= 15 is 0 Å². The first-order valence-corrected chi connectivity index (χ1v) is 5.09. The highest BCUT2D eigenvalue weighted by molar-refractivity contribution is 5.97. The number of nitrogen functional groups attached to an aromatic ring is 1. The predicted molar refractivity (Wildman–Crippen MR) is 63.8 cm³/mol. The van der Waals surface area contributed by atoms with Crippen LogP contribution in [0.15, 0.2) is 42.7 Å². The molecule has 0 radical (unpaired) electrons. The monoisotopic (exact) mass is 228 g/mol. The van der Waals surface area contributed by atoms with E-state index in [9.17, 15) is 0 Å². The molecule has 2 aromatic rings. The molecule has 0 saturated heterocycles. The molecule has 1 heterocycles. The van der Waals surface area contributed by atoms with Gasteiger partial charge < -0.3 is 10.5 Å². The molecule has 0 fully saturated rings. The molecule has 1 aromatic carbocycles. The van der Waals surface area contributed by atoms with Crippen molar-refractivity contribution in [1.29, 1.82) is 5.41 Å². The van der Waals surface area contributed by atoms with Crippen molar-refractivity contribution in [3.05, 3.63) is 54.1 Å². The topological polar surface area (TPSA) is 84.9 Å². The Morgan fingerprint density at radius 1 is 1.18 bits per heavy atom. The van der Waals surface area contributed by atoms with Crippen LogP contribution < -0.4 is 10.5 Å². The van der Waals surface area contributed by atoms with Crippen molar-refractivity contribution in [2.24, 2.45) is 5.73 Å². The molecule has 5 nitrogen and oxygen atoms in total. The van der Waals surface area contributed by atoms with E-state index < -0.39 is 0 Å². The zero-order chi connectivity index (χ0) is 12.1. The van der Waals surface area contributed by atoms with Gasteiger partial charge in [-0.15, -0.1) is 0 Å². The van der Waals surface area contributed by atoms with Crippen LogP contribution in [-0.4, -0.2) is 15.8 Å². The molecule has 0 amide bonds. The molecule has 0 aliphatic rings. The lowest BCUT2D eigenvalue weighted by Gasteiger charge is -2.09. The molecule has 3 N–H and O–H groups in total. The lowest BCUT2D eigenvalue weighted by molar-refractivity contribution is 0.295. The SMILES string of the molecule is N=C(N)c1ccccc1OCc1ncccn1. The molecule has 17 heavy (non-hydrogen) atoms. The Morgan fingerprint density at radius 3 is 2.59 bits per heavy atom. The Bertz CT molecular complexity index is 513. The van der Waals surface area contributed by atoms with Crippen molar-refractivity contribution < 1.29 is 4.74 Å². The lowest BCUT2D eigenvalue weighted by Crippen LogP contribution is -2.13. The Kier molecular flexibility index (Phi) is 3.30. The predicted octanol–water partition coefficient (Wildman–Crippen LogP) is 1.34. The van der Waals surface area contributed by atoms with Crippen LogP contribution in [0.1, 0.15) is 11.4 Å². The van der Waals surface area contributed by atoms with Crippen molar-refractivity contribution in [3.63, 3.8) is 0 Å². The van der Waals surface area contributed by atoms with Crippen molar-refractivity contribution in [2.45, 2.75) is 6.61 Å². The second-order valence-electron chi connectivity index (χ2n) is 3.36. The Labute approximate surface area is 98.8 Å². The second-order valence-corrected chi connectivity index (χ2v) is 3.36. The van der Waals surface area contributed by atoms with Gasteiger partial charge in [-0.1, -0.05) is 12.1 Å². The minimum absolute atomic E-state index is 0.0189. The minimum atomic E-state index is -0.0189. The third kappa shape index (κ3) is 2.78. The van der Waals surface area contributed by atoms with Crippen LogP contribution >= 0.6 is 0 Å². The van der Waals surface area contributed by atoms with Gasteiger partial charge in [-0.25, -0.2) is 9.97 Å². The van der Waals surface area contributed by atoms with E-state index in [2.05, 4.69) is 9.97 Å². The van der Waals surface area contributed by atoms with Gasteiger partial charge in [0.15, 0.2) is 5.82 Å². The summed E-state index contributed by atoms with van der Waals surface area (Å²) in [6.07, 6.45) is 3.31. The van der Waals surface area contributed by atoms with E-state index in [0.29, 0.717) is 17.1 Å². The summed E-state index contributed by atoms with van der Waals surface area (Å²) in [5, 5.41) is 7.43. The van der Waals surface area contributed by atoms with E-state index in [1.165, 1.54) is 0 Å². The number of aromatic nitrogens is 2. The van der Waals surface area contributed by atoms with Crippen molar-refractivity contribution >= 4 is 5.84 Å². The fourth-order valence-electron chi connectivity index (χ4n) is 1.36. The van der Waals surface area contributed by atoms with E-state index in [0.717, 1.165) is 0 Å². The molecule has 0 aliphatic heterocycles. The summed E-state index contributed by atoms with van der Waals surface area (Å²) in [6, 6.07) is 8.88. The molecule has 1 aromatic heterocycles. The molecular weight excluding hydrogens is 216 g/mol. The number of nitrogens with one attached hydrogen (secondary N) is 1. The first-order chi connectivity index (χ1) is 8.27. The van der Waals surface area contributed by atoms with Crippen LogP contribution in [0.3, 0.4) is 0 Å². The summed E-state index contributed by atoms with van der Waals surface area (Å²) >= 11 is 0. The van der Waals surface area contributed by atoms with E-state index in [4.69, 9.17) is 15.9 Å². The average molecular weight is 228 g/mol. The third-order valence-electron chi connectivity index (χ3n) is 2.15. The van der Waals surface area contributed by atoms with Gasteiger partial charge in [0, 0.05) is 12.4 Å². The van der Waals surface area contributed by atoms with Crippen molar-refractivity contribution in [2.75, 3.05) is 0 Å². The highest BCUT2D eigenvalue weighted by Gasteiger charge is 2.06. The van der Waals surface area contributed by atoms with E-state index in [1.807, 2.05) is 12.1 Å². The quantitative estimate of drug-likeness (QED) is 0.610. The van der Waals surface area contributed by atoms with Crippen LogP contribution in [0.25, 0.3) is 0 Å². The standard InChI is InChI=1S/C12H12N4O/c13-12(14)9-4-1-2-5-10(9)17-8-11-15-6-3-7-16-11/h1-7H,8H2,(H3,13,14). The number of hydrogen-bond acceptors (Lipinski definition) is 4. The molecule has 0 aliphatic carbocycles. The van der Waals surface area contributed by atoms with E-state index in [-0.39, 0.29) is 12.4 Å². The number of para-hydroxylation sites is 1. The second kappa shape index (κ2) is 5.07. The van der Waals surface area contributed by atoms with Gasteiger partial charge in [0.2, 0.25) is 0 Å². The molecule has 86 valence electrons. The zero-order valence-electron chi connectivity index (χ0n) is 9.13. The molecule has 2 rings (SSSR count). The van der Waals surface area contributed by atoms with Crippen LogP contribution in [0, 0.1) is 5.41 Å². The number of nitrogens with two attached hydrogens (primary N) is 1. The highest BCUT2D eigenvalue weighted by atomic mass is 16.5. The van der Waals surface area contributed by atoms with Gasteiger partial charge in [0.1, 0.15) is 18.2 Å². The van der Waals surface area contributed by atoms with Crippen LogP contribution in [-0.2, 0) is 6.61 Å². The smallest absolute Gasteiger partial charge is 0.166 e. The van der Waals surface area contributed by atoms with Gasteiger partial charge in [0.25, 0.3) is 0 Å². The molecule has 0 saturated carbocycles. The Hall–Kier alpha value is -2.43. The van der Waals surface area contributed by atoms with Gasteiger partial charge in [-0.2, -0.15) is 0 Å². The lowest BCUT2D eigenvalue weighted by atomic mass is 10.2. The number of amidine groups is 1. The first kappa shape index (κ1) is 11.1. The molecule has 0 unspecified atom stereocenters. The average Bonchev–Trinajstić information content (AvgIpc) is 2.38. The summed E-state index contributed by atoms with van der Waals surface area (Å²) < 4.78 is 5.54. The number of rotatable bonds is 4. The van der Waals surface area contributed by atoms with Crippen molar-refractivity contribution in [3.8, 4) is 5.75 Å². The van der Waals surface area contributed by atoms with Crippen molar-refractivity contribution in [1.82, 2.24) is 9.97 Å². The van der Waals surface area contributed by atoms with Crippen LogP contribution in [0.4, 0.5) is 0 Å². The summed E-state index contributed by atoms with van der Waals surface area (Å²) in [5.41, 5.74) is 6.03. The highest BCUT2D eigenvalue weighted by Crippen LogP contribution is 2.17. The maximum Gasteiger partial charge on any atom is 0.166 e. The number of hydrogen-bond donors (Lipinski definition) is 2. The van der Waals surface area contributed by atoms with Gasteiger partial charge >= 0.3 is 0 Å². The van der Waals surface area contributed by atoms with Gasteiger partial charge in [-0.3, -0.25) is 5.41 Å². The molecule has 0 spiro atoms. The molecule has 0 atom stereocenters. The summed E-state index contributed by atoms with van der Waals surface area (Å²) in [4.78, 5) is 8.09. The van der Waals surface area contributed by atoms with Crippen LogP contribution in [0.2, 0.25) is 0 Å². The summed E-state index contributed by atoms with van der Waals surface area (Å²) in [6.45, 7) is 0.255. The zero-order valence-corrected chi connectivity index (χ0v) is 9.13. The first-order valence-electron chi connectivity index (χ1n) is 5.09. The van der Waals surface area contributed by atoms with Gasteiger partial charge in [-0.05, 0) is 18.2 Å². The molecule has 0 bridgehead atoms. The normalized spacial score (nSPS) is 9.88. The van der Waals surface area contributed by atoms with Gasteiger partial charge in [0.05, 0.1) is 5.56 Å². The Morgan fingerprint density at radius 2 is 1.88 bits per heavy atom. The number of ether oxygens (including phenoxy) is 1. The summed E-state index contributed by atoms with van der Waals surface area (Å²) in [5.74, 6) is 1.13. The maximum absolute atomic E-state index is 7.43. The number of benzene rings is 1. The maximum atomic E-state index is 7.43. The number of nitrogens with zero attached hydrogens (tertiary/aromatic N) is 2. The minimum Gasteiger partial charge on any atom is -0.485 e.